The Bertz CT molecular complexity index is 307. The largest absolute Gasteiger partial charge is 0.391 e. The van der Waals surface area contributed by atoms with Gasteiger partial charge in [0.15, 0.2) is 0 Å². The fourth-order valence-electron chi connectivity index (χ4n) is 2.10. The van der Waals surface area contributed by atoms with Gasteiger partial charge in [-0.1, -0.05) is 12.8 Å². The smallest absolute Gasteiger partial charge is 0.214 e. The van der Waals surface area contributed by atoms with Crippen molar-refractivity contribution in [3.8, 4) is 0 Å². The number of hydrogen-bond acceptors (Lipinski definition) is 3. The molecule has 0 bridgehead atoms. The van der Waals surface area contributed by atoms with Crippen LogP contribution in [0.1, 0.15) is 32.1 Å². The molecule has 1 rings (SSSR count). The van der Waals surface area contributed by atoms with Crippen molar-refractivity contribution in [1.82, 2.24) is 4.31 Å². The molecular weight excluding hydrogens is 250 g/mol. The van der Waals surface area contributed by atoms with Gasteiger partial charge in [0.1, 0.15) is 0 Å². The molecule has 1 N–H and O–H groups in total. The highest BCUT2D eigenvalue weighted by Crippen LogP contribution is 2.24. The Kier molecular flexibility index (Phi) is 5.50. The summed E-state index contributed by atoms with van der Waals surface area (Å²) in [5, 5.41) is 9.80. The maximum absolute atomic E-state index is 11.9. The van der Waals surface area contributed by atoms with Gasteiger partial charge in [0.2, 0.25) is 10.0 Å². The summed E-state index contributed by atoms with van der Waals surface area (Å²) in [6.07, 6.45) is 3.34. The Morgan fingerprint density at radius 3 is 2.56 bits per heavy atom. The molecule has 96 valence electrons. The second-order valence-electron chi connectivity index (χ2n) is 4.29. The minimum atomic E-state index is -3.27. The van der Waals surface area contributed by atoms with E-state index in [2.05, 4.69) is 0 Å². The summed E-state index contributed by atoms with van der Waals surface area (Å²) < 4.78 is 25.1. The van der Waals surface area contributed by atoms with E-state index in [-0.39, 0.29) is 11.8 Å². The van der Waals surface area contributed by atoms with Crippen molar-refractivity contribution in [2.24, 2.45) is 0 Å². The third-order valence-corrected chi connectivity index (χ3v) is 5.36. The maximum atomic E-state index is 11.9. The SMILES string of the molecule is CN(C1CCCCC1O)S(=O)(=O)CCCCl. The number of likely N-dealkylation sites (N-methyl/N-ethyl adjacent to an activating group) is 1. The summed E-state index contributed by atoms with van der Waals surface area (Å²) in [6.45, 7) is 0. The molecule has 2 unspecified atom stereocenters. The van der Waals surface area contributed by atoms with E-state index in [0.717, 1.165) is 19.3 Å². The first kappa shape index (κ1) is 14.2. The highest BCUT2D eigenvalue weighted by molar-refractivity contribution is 7.89. The molecule has 4 nitrogen and oxygen atoms in total. The van der Waals surface area contributed by atoms with Crippen LogP contribution in [-0.4, -0.2) is 48.7 Å². The lowest BCUT2D eigenvalue weighted by molar-refractivity contribution is 0.0638. The van der Waals surface area contributed by atoms with Crippen LogP contribution in [0.2, 0.25) is 0 Å². The molecular formula is C10H20ClNO3S. The van der Waals surface area contributed by atoms with E-state index >= 15 is 0 Å². The molecule has 0 radical (unpaired) electrons. The van der Waals surface area contributed by atoms with Gasteiger partial charge < -0.3 is 5.11 Å². The maximum Gasteiger partial charge on any atom is 0.214 e. The van der Waals surface area contributed by atoms with Crippen LogP contribution in [0.4, 0.5) is 0 Å². The van der Waals surface area contributed by atoms with Gasteiger partial charge in [-0.2, -0.15) is 4.31 Å². The van der Waals surface area contributed by atoms with Crippen molar-refractivity contribution >= 4 is 21.6 Å². The normalized spacial score (nSPS) is 27.2. The average Bonchev–Trinajstić information content (AvgIpc) is 2.26. The Morgan fingerprint density at radius 2 is 2.00 bits per heavy atom. The molecule has 0 saturated heterocycles. The zero-order chi connectivity index (χ0) is 12.2. The molecule has 0 heterocycles. The van der Waals surface area contributed by atoms with Crippen molar-refractivity contribution in [2.75, 3.05) is 18.7 Å². The second-order valence-corrected chi connectivity index (χ2v) is 6.82. The molecule has 6 heteroatoms. The van der Waals surface area contributed by atoms with Crippen molar-refractivity contribution in [3.05, 3.63) is 0 Å². The van der Waals surface area contributed by atoms with Crippen molar-refractivity contribution in [1.29, 1.82) is 0 Å². The molecule has 1 saturated carbocycles. The molecule has 0 amide bonds. The van der Waals surface area contributed by atoms with Gasteiger partial charge in [0.05, 0.1) is 17.9 Å². The van der Waals surface area contributed by atoms with Crippen LogP contribution in [0.25, 0.3) is 0 Å². The van der Waals surface area contributed by atoms with E-state index in [1.165, 1.54) is 4.31 Å². The molecule has 0 aliphatic heterocycles. The van der Waals surface area contributed by atoms with Gasteiger partial charge in [-0.25, -0.2) is 8.42 Å². The fourth-order valence-corrected chi connectivity index (χ4v) is 3.85. The monoisotopic (exact) mass is 269 g/mol. The summed E-state index contributed by atoms with van der Waals surface area (Å²) in [4.78, 5) is 0. The number of aliphatic hydroxyl groups excluding tert-OH is 1. The quantitative estimate of drug-likeness (QED) is 0.763. The molecule has 1 fully saturated rings. The molecule has 1 aliphatic carbocycles. The van der Waals surface area contributed by atoms with Crippen LogP contribution >= 0.6 is 11.6 Å². The summed E-state index contributed by atoms with van der Waals surface area (Å²) >= 11 is 5.49. The first-order chi connectivity index (χ1) is 7.49. The Hall–Kier alpha value is 0.160. The Labute approximate surface area is 103 Å². The lowest BCUT2D eigenvalue weighted by atomic mass is 9.93. The summed E-state index contributed by atoms with van der Waals surface area (Å²) in [6, 6.07) is -0.255. The number of aliphatic hydroxyl groups is 1. The second kappa shape index (κ2) is 6.19. The van der Waals surface area contributed by atoms with Crippen LogP contribution < -0.4 is 0 Å². The Balaban J connectivity index is 2.64. The van der Waals surface area contributed by atoms with E-state index in [9.17, 15) is 13.5 Å². The standard InChI is InChI=1S/C10H20ClNO3S/c1-12(16(14,15)8-4-7-11)9-5-2-3-6-10(9)13/h9-10,13H,2-8H2,1H3. The molecule has 1 aliphatic rings. The topological polar surface area (TPSA) is 57.6 Å². The predicted molar refractivity (Wildman–Crippen MR) is 65.1 cm³/mol. The molecule has 0 spiro atoms. The average molecular weight is 270 g/mol. The summed E-state index contributed by atoms with van der Waals surface area (Å²) in [7, 11) is -1.71. The van der Waals surface area contributed by atoms with Crippen LogP contribution in [0.3, 0.4) is 0 Å². The van der Waals surface area contributed by atoms with Crippen LogP contribution in [0.15, 0.2) is 0 Å². The number of sulfonamides is 1. The van der Waals surface area contributed by atoms with Gasteiger partial charge in [-0.3, -0.25) is 0 Å². The van der Waals surface area contributed by atoms with Crippen molar-refractivity contribution in [2.45, 2.75) is 44.2 Å². The third kappa shape index (κ3) is 3.58. The molecule has 0 aromatic rings. The zero-order valence-corrected chi connectivity index (χ0v) is 11.2. The number of nitrogens with zero attached hydrogens (tertiary/aromatic N) is 1. The van der Waals surface area contributed by atoms with Gasteiger partial charge in [0.25, 0.3) is 0 Å². The Morgan fingerprint density at radius 1 is 1.38 bits per heavy atom. The lowest BCUT2D eigenvalue weighted by Gasteiger charge is -2.34. The van der Waals surface area contributed by atoms with Gasteiger partial charge >= 0.3 is 0 Å². The lowest BCUT2D eigenvalue weighted by Crippen LogP contribution is -2.47. The highest BCUT2D eigenvalue weighted by atomic mass is 35.5. The van der Waals surface area contributed by atoms with Crippen LogP contribution in [-0.2, 0) is 10.0 Å². The first-order valence-electron chi connectivity index (χ1n) is 5.69. The van der Waals surface area contributed by atoms with Crippen LogP contribution in [0.5, 0.6) is 0 Å². The molecule has 0 aromatic carbocycles. The van der Waals surface area contributed by atoms with E-state index in [1.54, 1.807) is 7.05 Å². The highest BCUT2D eigenvalue weighted by Gasteiger charge is 2.32. The van der Waals surface area contributed by atoms with E-state index in [4.69, 9.17) is 11.6 Å². The number of alkyl halides is 1. The van der Waals surface area contributed by atoms with E-state index < -0.39 is 16.1 Å². The summed E-state index contributed by atoms with van der Waals surface area (Å²) in [5.74, 6) is 0.413. The number of rotatable bonds is 5. The van der Waals surface area contributed by atoms with E-state index in [0.29, 0.717) is 18.7 Å². The molecule has 0 aromatic heterocycles. The zero-order valence-electron chi connectivity index (χ0n) is 9.60. The predicted octanol–water partition coefficient (Wildman–Crippen LogP) is 1.18. The van der Waals surface area contributed by atoms with Crippen LogP contribution in [0, 0.1) is 0 Å². The van der Waals surface area contributed by atoms with Gasteiger partial charge in [-0.05, 0) is 19.3 Å². The fraction of sp³-hybridized carbons (Fsp3) is 1.00. The van der Waals surface area contributed by atoms with Gasteiger partial charge in [0, 0.05) is 12.9 Å². The van der Waals surface area contributed by atoms with Gasteiger partial charge in [-0.15, -0.1) is 11.6 Å². The number of hydrogen-bond donors (Lipinski definition) is 1. The first-order valence-corrected chi connectivity index (χ1v) is 7.83. The summed E-state index contributed by atoms with van der Waals surface area (Å²) in [5.41, 5.74) is 0. The van der Waals surface area contributed by atoms with Crippen molar-refractivity contribution < 1.29 is 13.5 Å². The third-order valence-electron chi connectivity index (χ3n) is 3.14. The van der Waals surface area contributed by atoms with E-state index in [1.807, 2.05) is 0 Å². The number of halogens is 1. The molecule has 16 heavy (non-hydrogen) atoms. The molecule has 2 atom stereocenters. The van der Waals surface area contributed by atoms with Crippen molar-refractivity contribution in [3.63, 3.8) is 0 Å². The minimum absolute atomic E-state index is 0.0657. The minimum Gasteiger partial charge on any atom is -0.391 e.